The van der Waals surface area contributed by atoms with E-state index in [4.69, 9.17) is 9.40 Å². The fraction of sp³-hybridized carbons (Fsp3) is 0.360. The second-order valence-corrected chi connectivity index (χ2v) is 7.81. The van der Waals surface area contributed by atoms with E-state index in [-0.39, 0.29) is 11.8 Å². The van der Waals surface area contributed by atoms with Gasteiger partial charge in [-0.15, -0.1) is 0 Å². The molecular weight excluding hydrogens is 376 g/mol. The molecule has 5 heteroatoms. The molecule has 1 N–H and O–H groups in total. The number of unbranched alkanes of at least 4 members (excludes halogenated alkanes) is 2. The summed E-state index contributed by atoms with van der Waals surface area (Å²) in [5.74, 6) is 0.348. The molecule has 3 rings (SSSR count). The van der Waals surface area contributed by atoms with Crippen molar-refractivity contribution < 1.29 is 14.4 Å². The second kappa shape index (κ2) is 10.2. The molecule has 158 valence electrons. The van der Waals surface area contributed by atoms with Crippen LogP contribution >= 0.6 is 0 Å². The van der Waals surface area contributed by atoms with Crippen LogP contribution in [0.3, 0.4) is 0 Å². The molecule has 0 aliphatic rings. The van der Waals surface area contributed by atoms with E-state index in [1.54, 1.807) is 13.8 Å². The van der Waals surface area contributed by atoms with Crippen LogP contribution in [0.25, 0.3) is 22.6 Å². The van der Waals surface area contributed by atoms with Crippen LogP contribution in [0.15, 0.2) is 65.1 Å². The van der Waals surface area contributed by atoms with E-state index in [0.29, 0.717) is 23.8 Å². The van der Waals surface area contributed by atoms with Crippen molar-refractivity contribution in [3.8, 4) is 22.6 Å². The van der Waals surface area contributed by atoms with Gasteiger partial charge in [-0.25, -0.2) is 10.0 Å². The van der Waals surface area contributed by atoms with E-state index in [1.807, 2.05) is 60.7 Å². The first-order chi connectivity index (χ1) is 14.5. The summed E-state index contributed by atoms with van der Waals surface area (Å²) < 4.78 is 6.23. The number of benzene rings is 2. The van der Waals surface area contributed by atoms with Gasteiger partial charge in [0.2, 0.25) is 11.8 Å². The van der Waals surface area contributed by atoms with Crippen LogP contribution in [0.4, 0.5) is 0 Å². The van der Waals surface area contributed by atoms with Crippen molar-refractivity contribution in [1.29, 1.82) is 0 Å². The summed E-state index contributed by atoms with van der Waals surface area (Å²) in [4.78, 5) is 17.3. The Balaban J connectivity index is 2.07. The van der Waals surface area contributed by atoms with Gasteiger partial charge in [0.05, 0.1) is 0 Å². The molecule has 1 heterocycles. The van der Waals surface area contributed by atoms with Crippen LogP contribution in [-0.4, -0.2) is 21.2 Å². The number of hydroxylamine groups is 2. The molecule has 1 amide bonds. The normalized spacial score (nSPS) is 12.2. The van der Waals surface area contributed by atoms with Gasteiger partial charge in [0.15, 0.2) is 5.76 Å². The highest BCUT2D eigenvalue weighted by Crippen LogP contribution is 2.37. The Bertz CT molecular complexity index is 879. The molecule has 3 aromatic rings. The second-order valence-electron chi connectivity index (χ2n) is 7.81. The highest BCUT2D eigenvalue weighted by atomic mass is 16.5. The van der Waals surface area contributed by atoms with Gasteiger partial charge < -0.3 is 4.42 Å². The Morgan fingerprint density at radius 2 is 1.60 bits per heavy atom. The zero-order chi connectivity index (χ0) is 21.5. The molecule has 0 bridgehead atoms. The Morgan fingerprint density at radius 3 is 2.17 bits per heavy atom. The molecule has 1 aromatic heterocycles. The van der Waals surface area contributed by atoms with Gasteiger partial charge in [-0.3, -0.25) is 10.0 Å². The molecule has 0 spiro atoms. The van der Waals surface area contributed by atoms with E-state index >= 15 is 0 Å². The molecule has 2 aromatic carbocycles. The highest BCUT2D eigenvalue weighted by molar-refractivity contribution is 5.78. The Morgan fingerprint density at radius 1 is 1.00 bits per heavy atom. The predicted molar refractivity (Wildman–Crippen MR) is 118 cm³/mol. The Hall–Kier alpha value is -2.92. The topological polar surface area (TPSA) is 66.6 Å². The monoisotopic (exact) mass is 406 g/mol. The molecule has 1 atom stereocenters. The zero-order valence-electron chi connectivity index (χ0n) is 17.9. The van der Waals surface area contributed by atoms with Crippen molar-refractivity contribution in [1.82, 2.24) is 10.0 Å². The third-order valence-electron chi connectivity index (χ3n) is 5.11. The van der Waals surface area contributed by atoms with Crippen LogP contribution in [0, 0.1) is 5.92 Å². The van der Waals surface area contributed by atoms with Gasteiger partial charge in [0.25, 0.3) is 0 Å². The van der Waals surface area contributed by atoms with Crippen LogP contribution in [0.2, 0.25) is 0 Å². The number of hydrogen-bond donors (Lipinski definition) is 1. The molecule has 0 aliphatic heterocycles. The largest absolute Gasteiger partial charge is 0.438 e. The molecule has 5 nitrogen and oxygen atoms in total. The van der Waals surface area contributed by atoms with Gasteiger partial charge in [-0.2, -0.15) is 0 Å². The number of amides is 1. The van der Waals surface area contributed by atoms with Crippen molar-refractivity contribution in [2.75, 3.05) is 0 Å². The lowest BCUT2D eigenvalue weighted by atomic mass is 10.1. The minimum absolute atomic E-state index is 0.319. The van der Waals surface area contributed by atoms with Crippen molar-refractivity contribution in [2.24, 2.45) is 5.92 Å². The van der Waals surface area contributed by atoms with Gasteiger partial charge in [-0.05, 0) is 6.42 Å². The van der Waals surface area contributed by atoms with E-state index in [0.717, 1.165) is 35.5 Å². The van der Waals surface area contributed by atoms with Gasteiger partial charge in [-0.1, -0.05) is 101 Å². The molecular formula is C25H30N2O3. The third-order valence-corrected chi connectivity index (χ3v) is 5.11. The first kappa shape index (κ1) is 21.8. The van der Waals surface area contributed by atoms with Crippen LogP contribution < -0.4 is 0 Å². The van der Waals surface area contributed by atoms with E-state index in [1.165, 1.54) is 0 Å². The zero-order valence-corrected chi connectivity index (χ0v) is 17.9. The fourth-order valence-corrected chi connectivity index (χ4v) is 3.41. The van der Waals surface area contributed by atoms with Gasteiger partial charge >= 0.3 is 0 Å². The van der Waals surface area contributed by atoms with Crippen LogP contribution in [-0.2, 0) is 4.79 Å². The Labute approximate surface area is 178 Å². The number of carbonyl (C=O) groups excluding carboxylic acids is 1. The number of carbonyl (C=O) groups is 1. The standard InChI is InChI=1S/C25H30N2O3/c1-4-5-8-17-21(27(29)25(28)18(2)3)24-26-22(19-13-9-6-10-14-19)23(30-24)20-15-11-7-12-16-20/h6-7,9-16,18,21,29H,4-5,8,17H2,1-3H3. The van der Waals surface area contributed by atoms with Crippen LogP contribution in [0.5, 0.6) is 0 Å². The maximum absolute atomic E-state index is 12.5. The fourth-order valence-electron chi connectivity index (χ4n) is 3.41. The average molecular weight is 407 g/mol. The maximum atomic E-state index is 12.5. The maximum Gasteiger partial charge on any atom is 0.249 e. The lowest BCUT2D eigenvalue weighted by Gasteiger charge is -2.25. The number of aromatic nitrogens is 1. The predicted octanol–water partition coefficient (Wildman–Crippen LogP) is 6.50. The summed E-state index contributed by atoms with van der Waals surface area (Å²) in [7, 11) is 0. The molecule has 0 aliphatic carbocycles. The summed E-state index contributed by atoms with van der Waals surface area (Å²) in [6.07, 6.45) is 3.52. The molecule has 30 heavy (non-hydrogen) atoms. The quantitative estimate of drug-likeness (QED) is 0.250. The first-order valence-electron chi connectivity index (χ1n) is 10.7. The average Bonchev–Trinajstić information content (AvgIpc) is 3.22. The number of rotatable bonds is 9. The molecule has 0 radical (unpaired) electrons. The van der Waals surface area contributed by atoms with Crippen molar-refractivity contribution in [3.05, 3.63) is 66.6 Å². The van der Waals surface area contributed by atoms with Crippen molar-refractivity contribution in [2.45, 2.75) is 52.5 Å². The minimum Gasteiger partial charge on any atom is -0.438 e. The molecule has 1 unspecified atom stereocenters. The molecule has 0 saturated carbocycles. The first-order valence-corrected chi connectivity index (χ1v) is 10.7. The lowest BCUT2D eigenvalue weighted by Crippen LogP contribution is -2.35. The summed E-state index contributed by atoms with van der Waals surface area (Å²) in [5.41, 5.74) is 2.54. The Kier molecular flexibility index (Phi) is 7.41. The smallest absolute Gasteiger partial charge is 0.249 e. The van der Waals surface area contributed by atoms with Crippen molar-refractivity contribution >= 4 is 5.91 Å². The van der Waals surface area contributed by atoms with E-state index < -0.39 is 6.04 Å². The number of nitrogens with zero attached hydrogens (tertiary/aromatic N) is 2. The summed E-state index contributed by atoms with van der Waals surface area (Å²) in [5, 5.41) is 11.5. The number of hydrogen-bond acceptors (Lipinski definition) is 4. The summed E-state index contributed by atoms with van der Waals surface area (Å²) >= 11 is 0. The lowest BCUT2D eigenvalue weighted by molar-refractivity contribution is -0.183. The van der Waals surface area contributed by atoms with Gasteiger partial charge in [0.1, 0.15) is 11.7 Å². The SMILES string of the molecule is CCCCCC(c1nc(-c2ccccc2)c(-c2ccccc2)o1)N(O)C(=O)C(C)C. The highest BCUT2D eigenvalue weighted by Gasteiger charge is 2.31. The van der Waals surface area contributed by atoms with Crippen molar-refractivity contribution in [3.63, 3.8) is 0 Å². The summed E-state index contributed by atoms with van der Waals surface area (Å²) in [6.45, 7) is 5.67. The third kappa shape index (κ3) is 4.97. The van der Waals surface area contributed by atoms with E-state index in [2.05, 4.69) is 6.92 Å². The summed E-state index contributed by atoms with van der Waals surface area (Å²) in [6, 6.07) is 19.0. The van der Waals surface area contributed by atoms with Crippen LogP contribution in [0.1, 0.15) is 58.4 Å². The van der Waals surface area contributed by atoms with Gasteiger partial charge in [0, 0.05) is 17.0 Å². The molecule has 0 saturated heterocycles. The van der Waals surface area contributed by atoms with E-state index in [9.17, 15) is 10.0 Å². The number of oxazole rings is 1. The minimum atomic E-state index is -0.619. The molecule has 0 fully saturated rings.